The van der Waals surface area contributed by atoms with Gasteiger partial charge in [-0.2, -0.15) is 0 Å². The summed E-state index contributed by atoms with van der Waals surface area (Å²) < 4.78 is 19.6. The van der Waals surface area contributed by atoms with Gasteiger partial charge in [0.25, 0.3) is 0 Å². The van der Waals surface area contributed by atoms with E-state index in [0.29, 0.717) is 17.4 Å². The van der Waals surface area contributed by atoms with E-state index in [9.17, 15) is 4.39 Å². The molecule has 1 fully saturated rings. The first-order valence-corrected chi connectivity index (χ1v) is 7.04. The molecule has 1 saturated carbocycles. The van der Waals surface area contributed by atoms with Crippen LogP contribution in [0.3, 0.4) is 0 Å². The largest absolute Gasteiger partial charge is 0.489 e. The molecule has 0 aliphatic heterocycles. The maximum absolute atomic E-state index is 13.6. The number of hydrogen-bond donors (Lipinski definition) is 1. The molecular formula is C16H24FNO. The highest BCUT2D eigenvalue weighted by molar-refractivity contribution is 5.28. The van der Waals surface area contributed by atoms with Gasteiger partial charge in [0.2, 0.25) is 0 Å². The second kappa shape index (κ2) is 5.49. The summed E-state index contributed by atoms with van der Waals surface area (Å²) in [6.45, 7) is 6.29. The summed E-state index contributed by atoms with van der Waals surface area (Å²) in [7, 11) is 1.98. The topological polar surface area (TPSA) is 21.3 Å². The Labute approximate surface area is 115 Å². The van der Waals surface area contributed by atoms with Crippen LogP contribution in [-0.4, -0.2) is 19.2 Å². The predicted molar refractivity (Wildman–Crippen MR) is 76.0 cm³/mol. The SMILES string of the molecule is CNC1C(Oc2ccc(C)c(F)c2)CCCC1(C)C. The van der Waals surface area contributed by atoms with Gasteiger partial charge >= 0.3 is 0 Å². The molecule has 0 heterocycles. The van der Waals surface area contributed by atoms with Crippen LogP contribution in [0.4, 0.5) is 4.39 Å². The minimum atomic E-state index is -0.200. The van der Waals surface area contributed by atoms with Crippen molar-refractivity contribution in [2.45, 2.75) is 52.2 Å². The molecule has 0 aromatic heterocycles. The summed E-state index contributed by atoms with van der Waals surface area (Å²) in [6, 6.07) is 5.41. The Balaban J connectivity index is 2.14. The predicted octanol–water partition coefficient (Wildman–Crippen LogP) is 3.68. The maximum atomic E-state index is 13.6. The van der Waals surface area contributed by atoms with Crippen LogP contribution in [0.2, 0.25) is 0 Å². The van der Waals surface area contributed by atoms with Gasteiger partial charge in [-0.15, -0.1) is 0 Å². The van der Waals surface area contributed by atoms with Gasteiger partial charge in [-0.3, -0.25) is 0 Å². The van der Waals surface area contributed by atoms with Gasteiger partial charge in [0.05, 0.1) is 0 Å². The van der Waals surface area contributed by atoms with Crippen molar-refractivity contribution in [3.8, 4) is 5.75 Å². The van der Waals surface area contributed by atoms with Crippen molar-refractivity contribution in [2.75, 3.05) is 7.05 Å². The van der Waals surface area contributed by atoms with E-state index >= 15 is 0 Å². The summed E-state index contributed by atoms with van der Waals surface area (Å²) in [5, 5.41) is 3.37. The van der Waals surface area contributed by atoms with E-state index < -0.39 is 0 Å². The molecule has 1 aromatic rings. The summed E-state index contributed by atoms with van der Waals surface area (Å²) in [5.41, 5.74) is 0.863. The molecule has 0 bridgehead atoms. The van der Waals surface area contributed by atoms with Crippen LogP contribution in [0.5, 0.6) is 5.75 Å². The number of aryl methyl sites for hydroxylation is 1. The maximum Gasteiger partial charge on any atom is 0.129 e. The summed E-state index contributed by atoms with van der Waals surface area (Å²) >= 11 is 0. The Bertz CT molecular complexity index is 444. The number of rotatable bonds is 3. The van der Waals surface area contributed by atoms with Crippen molar-refractivity contribution in [1.82, 2.24) is 5.32 Å². The van der Waals surface area contributed by atoms with E-state index in [4.69, 9.17) is 4.74 Å². The molecule has 19 heavy (non-hydrogen) atoms. The van der Waals surface area contributed by atoms with Crippen molar-refractivity contribution < 1.29 is 9.13 Å². The first kappa shape index (κ1) is 14.3. The van der Waals surface area contributed by atoms with Crippen LogP contribution in [0.15, 0.2) is 18.2 Å². The summed E-state index contributed by atoms with van der Waals surface area (Å²) in [5.74, 6) is 0.430. The Morgan fingerprint density at radius 1 is 1.37 bits per heavy atom. The van der Waals surface area contributed by atoms with Gasteiger partial charge in [0.1, 0.15) is 17.7 Å². The molecule has 1 N–H and O–H groups in total. The Morgan fingerprint density at radius 3 is 2.74 bits per heavy atom. The molecule has 0 radical (unpaired) electrons. The second-order valence-corrected chi connectivity index (χ2v) is 6.21. The van der Waals surface area contributed by atoms with E-state index in [-0.39, 0.29) is 17.3 Å². The number of nitrogens with one attached hydrogen (secondary N) is 1. The molecule has 2 atom stereocenters. The normalized spacial score (nSPS) is 26.2. The molecule has 2 rings (SSSR count). The highest BCUT2D eigenvalue weighted by atomic mass is 19.1. The van der Waals surface area contributed by atoms with Gasteiger partial charge in [-0.1, -0.05) is 19.9 Å². The van der Waals surface area contributed by atoms with E-state index in [1.807, 2.05) is 13.1 Å². The third-order valence-corrected chi connectivity index (χ3v) is 4.27. The fourth-order valence-electron chi connectivity index (χ4n) is 3.11. The molecule has 3 heteroatoms. The lowest BCUT2D eigenvalue weighted by Crippen LogP contribution is -2.53. The van der Waals surface area contributed by atoms with Crippen LogP contribution in [0, 0.1) is 18.2 Å². The second-order valence-electron chi connectivity index (χ2n) is 6.21. The van der Waals surface area contributed by atoms with E-state index in [0.717, 1.165) is 12.8 Å². The van der Waals surface area contributed by atoms with Crippen molar-refractivity contribution in [2.24, 2.45) is 5.41 Å². The zero-order chi connectivity index (χ0) is 14.0. The van der Waals surface area contributed by atoms with Gasteiger partial charge in [0.15, 0.2) is 0 Å². The lowest BCUT2D eigenvalue weighted by atomic mass is 9.72. The Morgan fingerprint density at radius 2 is 2.11 bits per heavy atom. The van der Waals surface area contributed by atoms with Gasteiger partial charge in [-0.25, -0.2) is 4.39 Å². The average molecular weight is 265 g/mol. The van der Waals surface area contributed by atoms with Crippen LogP contribution in [0.25, 0.3) is 0 Å². The molecular weight excluding hydrogens is 241 g/mol. The van der Waals surface area contributed by atoms with Crippen molar-refractivity contribution >= 4 is 0 Å². The third-order valence-electron chi connectivity index (χ3n) is 4.27. The third kappa shape index (κ3) is 3.08. The fourth-order valence-corrected chi connectivity index (χ4v) is 3.11. The molecule has 1 aliphatic rings. The lowest BCUT2D eigenvalue weighted by molar-refractivity contribution is 0.0402. The first-order chi connectivity index (χ1) is 8.94. The van der Waals surface area contributed by atoms with E-state index in [1.54, 1.807) is 13.0 Å². The first-order valence-electron chi connectivity index (χ1n) is 7.04. The van der Waals surface area contributed by atoms with E-state index in [1.165, 1.54) is 12.5 Å². The van der Waals surface area contributed by atoms with Gasteiger partial charge < -0.3 is 10.1 Å². The number of likely N-dealkylation sites (N-methyl/N-ethyl adjacent to an activating group) is 1. The average Bonchev–Trinajstić information content (AvgIpc) is 2.33. The number of halogens is 1. The molecule has 2 nitrogen and oxygen atoms in total. The monoisotopic (exact) mass is 265 g/mol. The molecule has 0 amide bonds. The lowest BCUT2D eigenvalue weighted by Gasteiger charge is -2.43. The standard InChI is InChI=1S/C16H24FNO/c1-11-7-8-12(10-13(11)17)19-14-6-5-9-16(2,3)15(14)18-4/h7-8,10,14-15,18H,5-6,9H2,1-4H3. The quantitative estimate of drug-likeness (QED) is 0.900. The van der Waals surface area contributed by atoms with Crippen molar-refractivity contribution in [3.63, 3.8) is 0 Å². The molecule has 2 unspecified atom stereocenters. The Kier molecular flexibility index (Phi) is 4.14. The highest BCUT2D eigenvalue weighted by Gasteiger charge is 2.39. The molecule has 1 aliphatic carbocycles. The van der Waals surface area contributed by atoms with Gasteiger partial charge in [-0.05, 0) is 50.3 Å². The molecule has 106 valence electrons. The van der Waals surface area contributed by atoms with E-state index in [2.05, 4.69) is 19.2 Å². The van der Waals surface area contributed by atoms with Crippen LogP contribution < -0.4 is 10.1 Å². The van der Waals surface area contributed by atoms with Gasteiger partial charge in [0, 0.05) is 12.1 Å². The number of hydrogen-bond acceptors (Lipinski definition) is 2. The van der Waals surface area contributed by atoms with Crippen molar-refractivity contribution in [1.29, 1.82) is 0 Å². The number of benzene rings is 1. The molecule has 1 aromatic carbocycles. The molecule has 0 saturated heterocycles. The van der Waals surface area contributed by atoms with Crippen molar-refractivity contribution in [3.05, 3.63) is 29.6 Å². The van der Waals surface area contributed by atoms with Crippen LogP contribution in [-0.2, 0) is 0 Å². The minimum absolute atomic E-state index is 0.107. The molecule has 0 spiro atoms. The highest BCUT2D eigenvalue weighted by Crippen LogP contribution is 2.37. The zero-order valence-corrected chi connectivity index (χ0v) is 12.3. The smallest absolute Gasteiger partial charge is 0.129 e. The summed E-state index contributed by atoms with van der Waals surface area (Å²) in [6.07, 6.45) is 3.48. The minimum Gasteiger partial charge on any atom is -0.489 e. The number of ether oxygens (including phenoxy) is 1. The van der Waals surface area contributed by atoms with Crippen LogP contribution in [0.1, 0.15) is 38.7 Å². The fraction of sp³-hybridized carbons (Fsp3) is 0.625. The Hall–Kier alpha value is -1.09. The summed E-state index contributed by atoms with van der Waals surface area (Å²) in [4.78, 5) is 0. The zero-order valence-electron chi connectivity index (χ0n) is 12.3. The van der Waals surface area contributed by atoms with Crippen LogP contribution >= 0.6 is 0 Å².